The molecular weight excluding hydrogens is 280 g/mol. The van der Waals surface area contributed by atoms with Gasteiger partial charge in [0.15, 0.2) is 5.69 Å². The van der Waals surface area contributed by atoms with Crippen LogP contribution in [0.1, 0.15) is 37.7 Å². The van der Waals surface area contributed by atoms with Gasteiger partial charge in [-0.2, -0.15) is 5.26 Å². The smallest absolute Gasteiger partial charge is 0.264 e. The number of aryl methyl sites for hydroxylation is 1. The van der Waals surface area contributed by atoms with Gasteiger partial charge in [0.2, 0.25) is 0 Å². The summed E-state index contributed by atoms with van der Waals surface area (Å²) >= 11 is 0. The number of hydrogen-bond donors (Lipinski definition) is 1. The first-order valence-electron chi connectivity index (χ1n) is 6.65. The van der Waals surface area contributed by atoms with Gasteiger partial charge < -0.3 is 5.73 Å². The molecule has 1 aromatic heterocycles. The molecule has 2 N–H and O–H groups in total. The number of amides is 2. The first-order chi connectivity index (χ1) is 10.5. The second-order valence-electron chi connectivity index (χ2n) is 5.00. The minimum Gasteiger partial charge on any atom is -0.396 e. The molecule has 0 saturated carbocycles. The van der Waals surface area contributed by atoms with Gasteiger partial charge in [0, 0.05) is 0 Å². The number of anilines is 1. The summed E-state index contributed by atoms with van der Waals surface area (Å²) in [7, 11) is 0. The SMILES string of the molecule is Cc1nc(C#N)c(N)c2c1C(=O)N(Cc1ccccc1)C2=O. The number of pyridine rings is 1. The number of nitrogens with zero attached hydrogens (tertiary/aromatic N) is 3. The molecule has 0 unspecified atom stereocenters. The lowest BCUT2D eigenvalue weighted by Crippen LogP contribution is -2.29. The number of nitrogens with two attached hydrogens (primary N) is 1. The zero-order valence-corrected chi connectivity index (χ0v) is 11.8. The lowest BCUT2D eigenvalue weighted by molar-refractivity contribution is 0.0642. The van der Waals surface area contributed by atoms with Gasteiger partial charge in [-0.05, 0) is 12.5 Å². The van der Waals surface area contributed by atoms with Crippen LogP contribution in [0.25, 0.3) is 0 Å². The Bertz CT molecular complexity index is 837. The molecule has 1 aliphatic heterocycles. The average Bonchev–Trinajstić information content (AvgIpc) is 2.77. The number of nitrogen functional groups attached to an aromatic ring is 1. The van der Waals surface area contributed by atoms with Crippen LogP contribution in [0, 0.1) is 18.3 Å². The van der Waals surface area contributed by atoms with E-state index in [0.29, 0.717) is 5.69 Å². The monoisotopic (exact) mass is 292 g/mol. The number of aromatic nitrogens is 1. The number of fused-ring (bicyclic) bond motifs is 1. The molecule has 0 fully saturated rings. The quantitative estimate of drug-likeness (QED) is 0.848. The molecule has 0 saturated heterocycles. The van der Waals surface area contributed by atoms with E-state index in [1.165, 1.54) is 0 Å². The highest BCUT2D eigenvalue weighted by molar-refractivity contribution is 6.24. The van der Waals surface area contributed by atoms with Crippen molar-refractivity contribution in [2.24, 2.45) is 0 Å². The van der Waals surface area contributed by atoms with Crippen molar-refractivity contribution in [3.05, 3.63) is 58.4 Å². The van der Waals surface area contributed by atoms with Gasteiger partial charge in [-0.1, -0.05) is 30.3 Å². The normalized spacial score (nSPS) is 13.2. The van der Waals surface area contributed by atoms with E-state index in [4.69, 9.17) is 11.0 Å². The van der Waals surface area contributed by atoms with E-state index in [-0.39, 0.29) is 29.1 Å². The molecule has 0 atom stereocenters. The van der Waals surface area contributed by atoms with Crippen LogP contribution >= 0.6 is 0 Å². The van der Waals surface area contributed by atoms with Gasteiger partial charge in [-0.3, -0.25) is 14.5 Å². The summed E-state index contributed by atoms with van der Waals surface area (Å²) in [5.41, 5.74) is 7.24. The molecular formula is C16H12N4O2. The molecule has 2 amide bonds. The van der Waals surface area contributed by atoms with Crippen LogP contribution in [0.15, 0.2) is 30.3 Å². The molecule has 6 heteroatoms. The van der Waals surface area contributed by atoms with Crippen molar-refractivity contribution in [3.8, 4) is 6.07 Å². The maximum atomic E-state index is 12.5. The van der Waals surface area contributed by atoms with Gasteiger partial charge in [0.1, 0.15) is 6.07 Å². The van der Waals surface area contributed by atoms with Crippen LogP contribution in [0.4, 0.5) is 5.69 Å². The standard InChI is InChI=1S/C16H12N4O2/c1-9-12-13(14(18)11(7-17)19-9)16(22)20(15(12)21)8-10-5-3-2-4-6-10/h2-6H,8,18H2,1H3. The van der Waals surface area contributed by atoms with Crippen molar-refractivity contribution >= 4 is 17.5 Å². The Labute approximate surface area is 126 Å². The number of carbonyl (C=O) groups excluding carboxylic acids is 2. The van der Waals surface area contributed by atoms with Crippen LogP contribution < -0.4 is 5.73 Å². The fraction of sp³-hybridized carbons (Fsp3) is 0.125. The van der Waals surface area contributed by atoms with Crippen LogP contribution in [0.3, 0.4) is 0 Å². The summed E-state index contributed by atoms with van der Waals surface area (Å²) in [6.07, 6.45) is 0. The number of benzene rings is 1. The highest BCUT2D eigenvalue weighted by Gasteiger charge is 2.40. The summed E-state index contributed by atoms with van der Waals surface area (Å²) in [5, 5.41) is 9.03. The molecule has 0 aliphatic carbocycles. The molecule has 0 spiro atoms. The third kappa shape index (κ3) is 1.91. The molecule has 3 rings (SSSR count). The van der Waals surface area contributed by atoms with Crippen molar-refractivity contribution in [3.63, 3.8) is 0 Å². The number of carbonyl (C=O) groups is 2. The van der Waals surface area contributed by atoms with Gasteiger partial charge in [0.25, 0.3) is 11.8 Å². The number of nitriles is 1. The van der Waals surface area contributed by atoms with Gasteiger partial charge in [0.05, 0.1) is 29.1 Å². The minimum absolute atomic E-state index is 0.0287. The van der Waals surface area contributed by atoms with Crippen molar-refractivity contribution in [2.45, 2.75) is 13.5 Å². The summed E-state index contributed by atoms with van der Waals surface area (Å²) in [4.78, 5) is 30.2. The van der Waals surface area contributed by atoms with Crippen molar-refractivity contribution < 1.29 is 9.59 Å². The van der Waals surface area contributed by atoms with Crippen molar-refractivity contribution in [1.82, 2.24) is 9.88 Å². The van der Waals surface area contributed by atoms with E-state index < -0.39 is 11.8 Å². The third-order valence-corrected chi connectivity index (χ3v) is 3.62. The molecule has 0 radical (unpaired) electrons. The molecule has 2 heterocycles. The average molecular weight is 292 g/mol. The Morgan fingerprint density at radius 3 is 2.45 bits per heavy atom. The van der Waals surface area contributed by atoms with E-state index in [1.54, 1.807) is 6.92 Å². The topological polar surface area (TPSA) is 100 Å². The van der Waals surface area contributed by atoms with Crippen LogP contribution in [-0.2, 0) is 6.54 Å². The molecule has 2 aromatic rings. The summed E-state index contributed by atoms with van der Waals surface area (Å²) < 4.78 is 0. The Balaban J connectivity index is 2.08. The highest BCUT2D eigenvalue weighted by atomic mass is 16.2. The first kappa shape index (κ1) is 13.8. The fourth-order valence-electron chi connectivity index (χ4n) is 2.56. The first-order valence-corrected chi connectivity index (χ1v) is 6.65. The molecule has 22 heavy (non-hydrogen) atoms. The number of rotatable bonds is 2. The second kappa shape index (κ2) is 4.97. The predicted molar refractivity (Wildman–Crippen MR) is 78.7 cm³/mol. The van der Waals surface area contributed by atoms with E-state index in [0.717, 1.165) is 10.5 Å². The van der Waals surface area contributed by atoms with E-state index in [1.807, 2.05) is 36.4 Å². The lowest BCUT2D eigenvalue weighted by atomic mass is 10.1. The zero-order chi connectivity index (χ0) is 15.9. The van der Waals surface area contributed by atoms with Crippen LogP contribution in [-0.4, -0.2) is 21.7 Å². The minimum atomic E-state index is -0.483. The zero-order valence-electron chi connectivity index (χ0n) is 11.8. The molecule has 6 nitrogen and oxygen atoms in total. The molecule has 108 valence electrons. The fourth-order valence-corrected chi connectivity index (χ4v) is 2.56. The summed E-state index contributed by atoms with van der Waals surface area (Å²) in [6, 6.07) is 11.0. The van der Waals surface area contributed by atoms with Crippen LogP contribution in [0.5, 0.6) is 0 Å². The number of imide groups is 1. The van der Waals surface area contributed by atoms with E-state index >= 15 is 0 Å². The molecule has 0 bridgehead atoms. The molecule has 1 aromatic carbocycles. The Morgan fingerprint density at radius 1 is 1.18 bits per heavy atom. The number of hydrogen-bond acceptors (Lipinski definition) is 5. The van der Waals surface area contributed by atoms with Gasteiger partial charge in [-0.15, -0.1) is 0 Å². The highest BCUT2D eigenvalue weighted by Crippen LogP contribution is 2.32. The van der Waals surface area contributed by atoms with E-state index in [9.17, 15) is 9.59 Å². The second-order valence-corrected chi connectivity index (χ2v) is 5.00. The van der Waals surface area contributed by atoms with Gasteiger partial charge >= 0.3 is 0 Å². The maximum absolute atomic E-state index is 12.5. The largest absolute Gasteiger partial charge is 0.396 e. The third-order valence-electron chi connectivity index (χ3n) is 3.62. The molecule has 1 aliphatic rings. The maximum Gasteiger partial charge on any atom is 0.264 e. The summed E-state index contributed by atoms with van der Waals surface area (Å²) in [5.74, 6) is -0.909. The van der Waals surface area contributed by atoms with Crippen molar-refractivity contribution in [1.29, 1.82) is 5.26 Å². The predicted octanol–water partition coefficient (Wildman–Crippen LogP) is 1.64. The lowest BCUT2D eigenvalue weighted by Gasteiger charge is -2.13. The van der Waals surface area contributed by atoms with Crippen molar-refractivity contribution in [2.75, 3.05) is 5.73 Å². The van der Waals surface area contributed by atoms with E-state index in [2.05, 4.69) is 4.98 Å². The Hall–Kier alpha value is -3.20. The Kier molecular flexibility index (Phi) is 3.11. The van der Waals surface area contributed by atoms with Gasteiger partial charge in [-0.25, -0.2) is 4.98 Å². The van der Waals surface area contributed by atoms with Crippen LogP contribution in [0.2, 0.25) is 0 Å². The summed E-state index contributed by atoms with van der Waals surface area (Å²) in [6.45, 7) is 1.75. The Morgan fingerprint density at radius 2 is 1.82 bits per heavy atom.